The molecule has 0 N–H and O–H groups in total. The molecule has 1 aromatic rings. The van der Waals surface area contributed by atoms with Crippen molar-refractivity contribution in [2.45, 2.75) is 17.7 Å². The van der Waals surface area contributed by atoms with Crippen LogP contribution in [0, 0.1) is 0 Å². The highest BCUT2D eigenvalue weighted by Gasteiger charge is 2.11. The molecule has 1 aromatic carbocycles. The van der Waals surface area contributed by atoms with Crippen molar-refractivity contribution in [2.75, 3.05) is 0 Å². The molecular weight excluding hydrogens is 227 g/mol. The van der Waals surface area contributed by atoms with E-state index in [9.17, 15) is 0 Å². The number of rotatable bonds is 5. The van der Waals surface area contributed by atoms with Crippen LogP contribution in [-0.4, -0.2) is 0 Å². The van der Waals surface area contributed by atoms with Crippen molar-refractivity contribution >= 4 is 23.2 Å². The minimum Gasteiger partial charge on any atom is -0.103 e. The van der Waals surface area contributed by atoms with E-state index in [1.165, 1.54) is 11.1 Å². The van der Waals surface area contributed by atoms with Gasteiger partial charge in [0.1, 0.15) is 4.84 Å². The van der Waals surface area contributed by atoms with Crippen molar-refractivity contribution in [1.82, 2.24) is 0 Å². The molecule has 0 radical (unpaired) electrons. The Morgan fingerprint density at radius 3 is 2.33 bits per heavy atom. The number of allylic oxidation sites excluding steroid dienone is 2. The minimum absolute atomic E-state index is 0.482. The third-order valence-corrected chi connectivity index (χ3v) is 2.73. The fourth-order valence-electron chi connectivity index (χ4n) is 1.60. The average molecular weight is 241 g/mol. The highest BCUT2D eigenvalue weighted by Crippen LogP contribution is 2.30. The molecule has 80 valence electrons. The Labute approximate surface area is 101 Å². The van der Waals surface area contributed by atoms with Crippen LogP contribution in [0.4, 0.5) is 0 Å². The van der Waals surface area contributed by atoms with Crippen molar-refractivity contribution in [3.8, 4) is 0 Å². The third-order valence-electron chi connectivity index (χ3n) is 2.26. The monoisotopic (exact) mass is 240 g/mol. The lowest BCUT2D eigenvalue weighted by Crippen LogP contribution is -1.98. The Bertz CT molecular complexity index is 354. The maximum absolute atomic E-state index is 5.92. The zero-order chi connectivity index (χ0) is 11.3. The second kappa shape index (κ2) is 5.99. The standard InChI is InChI=1S/C13H14Cl2/c1-3-6-10-8-5-9-12(13(14)15)11(10)7-4-2/h3-5,8-9,13H,1-2,6-7H2. The van der Waals surface area contributed by atoms with Crippen LogP contribution in [0.5, 0.6) is 0 Å². The van der Waals surface area contributed by atoms with Crippen LogP contribution in [0.1, 0.15) is 21.5 Å². The highest BCUT2D eigenvalue weighted by atomic mass is 35.5. The van der Waals surface area contributed by atoms with Gasteiger partial charge >= 0.3 is 0 Å². The van der Waals surface area contributed by atoms with Gasteiger partial charge < -0.3 is 0 Å². The minimum atomic E-state index is -0.482. The van der Waals surface area contributed by atoms with E-state index in [4.69, 9.17) is 23.2 Å². The van der Waals surface area contributed by atoms with Crippen LogP contribution in [-0.2, 0) is 12.8 Å². The quantitative estimate of drug-likeness (QED) is 0.521. The van der Waals surface area contributed by atoms with E-state index in [0.717, 1.165) is 18.4 Å². The van der Waals surface area contributed by atoms with Gasteiger partial charge in [0.2, 0.25) is 0 Å². The number of hydrogen-bond donors (Lipinski definition) is 0. The average Bonchev–Trinajstić information content (AvgIpc) is 2.21. The lowest BCUT2D eigenvalue weighted by atomic mass is 9.97. The molecule has 1 rings (SSSR count). The maximum atomic E-state index is 5.92. The summed E-state index contributed by atoms with van der Waals surface area (Å²) in [6.07, 6.45) is 5.36. The smallest absolute Gasteiger partial charge is 0.103 e. The van der Waals surface area contributed by atoms with Gasteiger partial charge in [0.25, 0.3) is 0 Å². The van der Waals surface area contributed by atoms with E-state index in [0.29, 0.717) is 0 Å². The topological polar surface area (TPSA) is 0 Å². The SMILES string of the molecule is C=CCc1cccc(C(Cl)Cl)c1CC=C. The molecule has 0 aliphatic carbocycles. The van der Waals surface area contributed by atoms with Crippen LogP contribution in [0.25, 0.3) is 0 Å². The molecule has 0 spiro atoms. The van der Waals surface area contributed by atoms with Crippen LogP contribution in [0.15, 0.2) is 43.5 Å². The molecule has 0 heterocycles. The van der Waals surface area contributed by atoms with Gasteiger partial charge in [-0.15, -0.1) is 36.4 Å². The number of alkyl halides is 2. The van der Waals surface area contributed by atoms with Crippen molar-refractivity contribution in [3.05, 3.63) is 60.2 Å². The fraction of sp³-hybridized carbons (Fsp3) is 0.231. The van der Waals surface area contributed by atoms with Gasteiger partial charge in [0.05, 0.1) is 0 Å². The van der Waals surface area contributed by atoms with Crippen molar-refractivity contribution in [3.63, 3.8) is 0 Å². The number of halogens is 2. The molecule has 0 aromatic heterocycles. The summed E-state index contributed by atoms with van der Waals surface area (Å²) in [4.78, 5) is -0.482. The van der Waals surface area contributed by atoms with Crippen molar-refractivity contribution in [2.24, 2.45) is 0 Å². The fourth-order valence-corrected chi connectivity index (χ4v) is 2.01. The molecule has 0 saturated carbocycles. The molecule has 0 nitrogen and oxygen atoms in total. The Morgan fingerprint density at radius 1 is 1.13 bits per heavy atom. The summed E-state index contributed by atoms with van der Waals surface area (Å²) in [6, 6.07) is 5.99. The van der Waals surface area contributed by atoms with Gasteiger partial charge in [-0.2, -0.15) is 0 Å². The third kappa shape index (κ3) is 3.12. The molecule has 0 aliphatic rings. The van der Waals surface area contributed by atoms with Gasteiger partial charge in [-0.3, -0.25) is 0 Å². The molecule has 0 amide bonds. The number of hydrogen-bond acceptors (Lipinski definition) is 0. The molecule has 0 fully saturated rings. The first-order valence-electron chi connectivity index (χ1n) is 4.81. The lowest BCUT2D eigenvalue weighted by Gasteiger charge is -2.13. The normalized spacial score (nSPS) is 10.3. The molecule has 0 unspecified atom stereocenters. The summed E-state index contributed by atoms with van der Waals surface area (Å²) >= 11 is 11.8. The Morgan fingerprint density at radius 2 is 1.80 bits per heavy atom. The Hall–Kier alpha value is -0.720. The van der Waals surface area contributed by atoms with Gasteiger partial charge in [-0.05, 0) is 29.5 Å². The van der Waals surface area contributed by atoms with E-state index in [1.54, 1.807) is 0 Å². The van der Waals surface area contributed by atoms with E-state index in [-0.39, 0.29) is 0 Å². The summed E-state index contributed by atoms with van der Waals surface area (Å²) < 4.78 is 0. The van der Waals surface area contributed by atoms with Crippen LogP contribution in [0.2, 0.25) is 0 Å². The zero-order valence-corrected chi connectivity index (χ0v) is 10.1. The first-order chi connectivity index (χ1) is 7.20. The van der Waals surface area contributed by atoms with E-state index in [2.05, 4.69) is 19.2 Å². The largest absolute Gasteiger partial charge is 0.133 e. The van der Waals surface area contributed by atoms with Crippen molar-refractivity contribution < 1.29 is 0 Å². The summed E-state index contributed by atoms with van der Waals surface area (Å²) in [5.74, 6) is 0. The molecule has 0 saturated heterocycles. The Balaban J connectivity index is 3.20. The molecule has 0 bridgehead atoms. The van der Waals surface area contributed by atoms with Gasteiger partial charge in [-0.1, -0.05) is 30.4 Å². The predicted octanol–water partition coefficient (Wildman–Crippen LogP) is 4.62. The highest BCUT2D eigenvalue weighted by molar-refractivity contribution is 6.44. The van der Waals surface area contributed by atoms with Crippen LogP contribution < -0.4 is 0 Å². The van der Waals surface area contributed by atoms with E-state index in [1.807, 2.05) is 24.3 Å². The second-order valence-electron chi connectivity index (χ2n) is 3.27. The van der Waals surface area contributed by atoms with Crippen molar-refractivity contribution in [1.29, 1.82) is 0 Å². The second-order valence-corrected chi connectivity index (χ2v) is 4.37. The summed E-state index contributed by atoms with van der Waals surface area (Å²) in [5, 5.41) is 0. The first-order valence-corrected chi connectivity index (χ1v) is 5.68. The van der Waals surface area contributed by atoms with Gasteiger partial charge in [0.15, 0.2) is 0 Å². The summed E-state index contributed by atoms with van der Waals surface area (Å²) in [6.45, 7) is 7.49. The lowest BCUT2D eigenvalue weighted by molar-refractivity contribution is 1.10. The van der Waals surface area contributed by atoms with Gasteiger partial charge in [0, 0.05) is 0 Å². The van der Waals surface area contributed by atoms with Crippen LogP contribution >= 0.6 is 23.2 Å². The van der Waals surface area contributed by atoms with E-state index >= 15 is 0 Å². The molecule has 15 heavy (non-hydrogen) atoms. The number of benzene rings is 1. The summed E-state index contributed by atoms with van der Waals surface area (Å²) in [5.41, 5.74) is 3.36. The maximum Gasteiger partial charge on any atom is 0.133 e. The van der Waals surface area contributed by atoms with Crippen LogP contribution in [0.3, 0.4) is 0 Å². The molecule has 0 aliphatic heterocycles. The summed E-state index contributed by atoms with van der Waals surface area (Å²) in [7, 11) is 0. The van der Waals surface area contributed by atoms with Gasteiger partial charge in [-0.25, -0.2) is 0 Å². The molecular formula is C13H14Cl2. The predicted molar refractivity (Wildman–Crippen MR) is 68.7 cm³/mol. The first kappa shape index (κ1) is 12.4. The van der Waals surface area contributed by atoms with E-state index < -0.39 is 4.84 Å². The Kier molecular flexibility index (Phi) is 4.93. The zero-order valence-electron chi connectivity index (χ0n) is 8.55. The molecule has 0 atom stereocenters. The molecule has 2 heteroatoms.